The van der Waals surface area contributed by atoms with Crippen molar-refractivity contribution in [3.8, 4) is 0 Å². The molecular weight excluding hydrogens is 257 g/mol. The molecule has 3 heteroatoms. The van der Waals surface area contributed by atoms with E-state index in [-0.39, 0.29) is 5.82 Å². The van der Waals surface area contributed by atoms with E-state index in [4.69, 9.17) is 0 Å². The molecule has 1 nitrogen and oxygen atoms in total. The van der Waals surface area contributed by atoms with Gasteiger partial charge in [-0.05, 0) is 43.5 Å². The standard InChI is InChI=1S/C16H24FNS/c1-2-9-18-15(10-13-5-3-6-13)12-19-16-8-4-7-14(17)11-16/h4,7-8,11,13,15,18H,2-3,5-6,9-10,12H2,1H3. The zero-order chi connectivity index (χ0) is 13.5. The summed E-state index contributed by atoms with van der Waals surface area (Å²) in [4.78, 5) is 1.04. The van der Waals surface area contributed by atoms with E-state index < -0.39 is 0 Å². The summed E-state index contributed by atoms with van der Waals surface area (Å²) in [5, 5.41) is 3.64. The molecule has 1 aliphatic rings. The predicted molar refractivity (Wildman–Crippen MR) is 81.2 cm³/mol. The Hall–Kier alpha value is -0.540. The van der Waals surface area contributed by atoms with Crippen molar-refractivity contribution in [2.24, 2.45) is 5.92 Å². The Kier molecular flexibility index (Phi) is 6.18. The molecule has 1 aliphatic carbocycles. The van der Waals surface area contributed by atoms with Gasteiger partial charge in [-0.1, -0.05) is 32.3 Å². The Morgan fingerprint density at radius 3 is 2.89 bits per heavy atom. The number of rotatable bonds is 8. The molecule has 0 amide bonds. The first kappa shape index (κ1) is 14.9. The van der Waals surface area contributed by atoms with Crippen molar-refractivity contribution < 1.29 is 4.39 Å². The van der Waals surface area contributed by atoms with E-state index in [2.05, 4.69) is 12.2 Å². The van der Waals surface area contributed by atoms with E-state index in [1.165, 1.54) is 38.2 Å². The highest BCUT2D eigenvalue weighted by molar-refractivity contribution is 7.99. The van der Waals surface area contributed by atoms with Crippen molar-refractivity contribution in [3.05, 3.63) is 30.1 Å². The predicted octanol–water partition coefficient (Wildman–Crippen LogP) is 4.48. The SMILES string of the molecule is CCCNC(CSc1cccc(F)c1)CC1CCC1. The summed E-state index contributed by atoms with van der Waals surface area (Å²) in [6, 6.07) is 7.49. The lowest BCUT2D eigenvalue weighted by atomic mass is 9.81. The van der Waals surface area contributed by atoms with Crippen LogP contribution in [0.1, 0.15) is 39.0 Å². The van der Waals surface area contributed by atoms with Gasteiger partial charge in [0.25, 0.3) is 0 Å². The summed E-state index contributed by atoms with van der Waals surface area (Å²) in [5.74, 6) is 1.82. The highest BCUT2D eigenvalue weighted by Gasteiger charge is 2.21. The molecule has 1 unspecified atom stereocenters. The molecular formula is C16H24FNS. The van der Waals surface area contributed by atoms with Crippen molar-refractivity contribution in [1.82, 2.24) is 5.32 Å². The number of hydrogen-bond donors (Lipinski definition) is 1. The molecule has 0 heterocycles. The summed E-state index contributed by atoms with van der Waals surface area (Å²) in [5.41, 5.74) is 0. The first-order chi connectivity index (χ1) is 9.28. The first-order valence-electron chi connectivity index (χ1n) is 7.39. The zero-order valence-electron chi connectivity index (χ0n) is 11.7. The maximum atomic E-state index is 13.1. The molecule has 0 radical (unpaired) electrons. The van der Waals surface area contributed by atoms with E-state index in [0.29, 0.717) is 6.04 Å². The Morgan fingerprint density at radius 1 is 1.42 bits per heavy atom. The van der Waals surface area contributed by atoms with E-state index in [9.17, 15) is 4.39 Å². The average molecular weight is 281 g/mol. The Labute approximate surface area is 120 Å². The number of halogens is 1. The fourth-order valence-electron chi connectivity index (χ4n) is 2.44. The van der Waals surface area contributed by atoms with Crippen LogP contribution in [-0.2, 0) is 0 Å². The van der Waals surface area contributed by atoms with Gasteiger partial charge in [0.05, 0.1) is 0 Å². The highest BCUT2D eigenvalue weighted by Crippen LogP contribution is 2.31. The van der Waals surface area contributed by atoms with Crippen LogP contribution in [-0.4, -0.2) is 18.3 Å². The van der Waals surface area contributed by atoms with Crippen LogP contribution < -0.4 is 5.32 Å². The molecule has 106 valence electrons. The van der Waals surface area contributed by atoms with Gasteiger partial charge >= 0.3 is 0 Å². The van der Waals surface area contributed by atoms with Gasteiger partial charge < -0.3 is 5.32 Å². The summed E-state index contributed by atoms with van der Waals surface area (Å²) < 4.78 is 13.1. The van der Waals surface area contributed by atoms with Gasteiger partial charge in [0, 0.05) is 16.7 Å². The third kappa shape index (κ3) is 5.15. The van der Waals surface area contributed by atoms with E-state index in [0.717, 1.165) is 23.1 Å². The molecule has 2 rings (SSSR count). The fourth-order valence-corrected chi connectivity index (χ4v) is 3.46. The summed E-state index contributed by atoms with van der Waals surface area (Å²) >= 11 is 1.77. The molecule has 1 atom stereocenters. The number of thioether (sulfide) groups is 1. The lowest BCUT2D eigenvalue weighted by Gasteiger charge is -2.30. The maximum Gasteiger partial charge on any atom is 0.124 e. The van der Waals surface area contributed by atoms with Crippen molar-refractivity contribution >= 4 is 11.8 Å². The van der Waals surface area contributed by atoms with Gasteiger partial charge in [0.15, 0.2) is 0 Å². The minimum atomic E-state index is -0.137. The van der Waals surface area contributed by atoms with Gasteiger partial charge in [0.1, 0.15) is 5.82 Å². The van der Waals surface area contributed by atoms with Crippen molar-refractivity contribution in [3.63, 3.8) is 0 Å². The second-order valence-electron chi connectivity index (χ2n) is 5.45. The quantitative estimate of drug-likeness (QED) is 0.705. The highest BCUT2D eigenvalue weighted by atomic mass is 32.2. The van der Waals surface area contributed by atoms with Crippen LogP contribution >= 0.6 is 11.8 Å². The molecule has 0 spiro atoms. The van der Waals surface area contributed by atoms with Crippen molar-refractivity contribution in [1.29, 1.82) is 0 Å². The Bertz CT molecular complexity index is 379. The molecule has 19 heavy (non-hydrogen) atoms. The minimum Gasteiger partial charge on any atom is -0.313 e. The van der Waals surface area contributed by atoms with Crippen LogP contribution in [0.3, 0.4) is 0 Å². The first-order valence-corrected chi connectivity index (χ1v) is 8.38. The number of nitrogens with one attached hydrogen (secondary N) is 1. The largest absolute Gasteiger partial charge is 0.313 e. The normalized spacial score (nSPS) is 17.2. The van der Waals surface area contributed by atoms with Crippen LogP contribution in [0.4, 0.5) is 4.39 Å². The van der Waals surface area contributed by atoms with Crippen LogP contribution in [0.2, 0.25) is 0 Å². The monoisotopic (exact) mass is 281 g/mol. The second-order valence-corrected chi connectivity index (χ2v) is 6.55. The fraction of sp³-hybridized carbons (Fsp3) is 0.625. The molecule has 0 aromatic heterocycles. The van der Waals surface area contributed by atoms with Gasteiger partial charge in [0.2, 0.25) is 0 Å². The molecule has 1 aromatic rings. The summed E-state index contributed by atoms with van der Waals surface area (Å²) in [6.45, 7) is 3.29. The van der Waals surface area contributed by atoms with E-state index >= 15 is 0 Å². The Balaban J connectivity index is 1.80. The van der Waals surface area contributed by atoms with E-state index in [1.807, 2.05) is 6.07 Å². The van der Waals surface area contributed by atoms with Crippen LogP contribution in [0, 0.1) is 11.7 Å². The lowest BCUT2D eigenvalue weighted by molar-refractivity contribution is 0.268. The Morgan fingerprint density at radius 2 is 2.26 bits per heavy atom. The average Bonchev–Trinajstić information content (AvgIpc) is 2.36. The second kappa shape index (κ2) is 7.91. The molecule has 1 N–H and O–H groups in total. The lowest BCUT2D eigenvalue weighted by Crippen LogP contribution is -2.35. The molecule has 0 aliphatic heterocycles. The summed E-state index contributed by atoms with van der Waals surface area (Å²) in [6.07, 6.45) is 6.65. The molecule has 1 aromatic carbocycles. The van der Waals surface area contributed by atoms with Crippen LogP contribution in [0.5, 0.6) is 0 Å². The van der Waals surface area contributed by atoms with Gasteiger partial charge in [-0.3, -0.25) is 0 Å². The topological polar surface area (TPSA) is 12.0 Å². The van der Waals surface area contributed by atoms with Gasteiger partial charge in [-0.15, -0.1) is 11.8 Å². The zero-order valence-corrected chi connectivity index (χ0v) is 12.5. The smallest absolute Gasteiger partial charge is 0.124 e. The molecule has 1 fully saturated rings. The van der Waals surface area contributed by atoms with Crippen molar-refractivity contribution in [2.75, 3.05) is 12.3 Å². The number of hydrogen-bond acceptors (Lipinski definition) is 2. The van der Waals surface area contributed by atoms with Gasteiger partial charge in [-0.25, -0.2) is 4.39 Å². The molecule has 0 bridgehead atoms. The van der Waals surface area contributed by atoms with Crippen LogP contribution in [0.15, 0.2) is 29.2 Å². The van der Waals surface area contributed by atoms with Crippen LogP contribution in [0.25, 0.3) is 0 Å². The number of benzene rings is 1. The molecule has 1 saturated carbocycles. The van der Waals surface area contributed by atoms with Gasteiger partial charge in [-0.2, -0.15) is 0 Å². The molecule has 0 saturated heterocycles. The third-order valence-corrected chi connectivity index (χ3v) is 4.93. The maximum absolute atomic E-state index is 13.1. The van der Waals surface area contributed by atoms with Crippen molar-refractivity contribution in [2.45, 2.75) is 50.0 Å². The third-order valence-electron chi connectivity index (χ3n) is 3.77. The van der Waals surface area contributed by atoms with E-state index in [1.54, 1.807) is 23.9 Å². The minimum absolute atomic E-state index is 0.137. The summed E-state index contributed by atoms with van der Waals surface area (Å²) in [7, 11) is 0.